The van der Waals surface area contributed by atoms with Gasteiger partial charge in [0, 0.05) is 116 Å². The van der Waals surface area contributed by atoms with Gasteiger partial charge in [-0.15, -0.1) is 0 Å². The lowest BCUT2D eigenvalue weighted by atomic mass is 10.1. The number of aromatic amines is 1. The molecule has 4 heterocycles. The van der Waals surface area contributed by atoms with E-state index < -0.39 is 7.04 Å². The van der Waals surface area contributed by atoms with E-state index in [1.165, 1.54) is 7.11 Å². The number of amides is 1. The van der Waals surface area contributed by atoms with Gasteiger partial charge in [0.15, 0.2) is 0 Å². The van der Waals surface area contributed by atoms with Crippen LogP contribution in [-0.4, -0.2) is 99.8 Å². The molecule has 0 aliphatic carbocycles. The third-order valence-corrected chi connectivity index (χ3v) is 10.3. The minimum absolute atomic E-state index is 0.160. The summed E-state index contributed by atoms with van der Waals surface area (Å²) in [4.78, 5) is 35.2. The number of carbonyl (C=O) groups excluding carboxylic acids is 1. The van der Waals surface area contributed by atoms with Crippen LogP contribution in [0.25, 0.3) is 44.6 Å². The van der Waals surface area contributed by atoms with Crippen molar-refractivity contribution in [1.82, 2.24) is 50.5 Å². The summed E-state index contributed by atoms with van der Waals surface area (Å²) < 4.78 is 40.3. The third kappa shape index (κ3) is 10.5. The zero-order valence-corrected chi connectivity index (χ0v) is 37.0. The number of hydrogen-bond acceptors (Lipinski definition) is 13. The van der Waals surface area contributed by atoms with E-state index in [1.807, 2.05) is 67.8 Å². The van der Waals surface area contributed by atoms with Crippen LogP contribution < -0.4 is 34.6 Å². The fourth-order valence-electron chi connectivity index (χ4n) is 7.08. The van der Waals surface area contributed by atoms with Crippen molar-refractivity contribution in [2.45, 2.75) is 33.2 Å². The van der Waals surface area contributed by atoms with Gasteiger partial charge in [-0.3, -0.25) is 24.5 Å². The lowest BCUT2D eigenvalue weighted by molar-refractivity contribution is 0.0962. The Bertz CT molecular complexity index is 2940. The largest absolute Gasteiger partial charge is 0.497 e. The monoisotopic (exact) mass is 865 g/mol. The fraction of sp³-hybridized carbons (Fsp3) is 0.271. The van der Waals surface area contributed by atoms with Gasteiger partial charge in [0.2, 0.25) is 0 Å². The van der Waals surface area contributed by atoms with Gasteiger partial charge >= 0.3 is 0 Å². The topological polar surface area (TPSA) is 173 Å². The zero-order chi connectivity index (χ0) is 47.7. The first kappa shape index (κ1) is 40.5. The number of ether oxygens (including phenoxy) is 3. The summed E-state index contributed by atoms with van der Waals surface area (Å²) in [6.07, 6.45) is 11.6. The summed E-state index contributed by atoms with van der Waals surface area (Å²) in [5, 5.41) is 17.1. The van der Waals surface area contributed by atoms with Gasteiger partial charge in [0.25, 0.3) is 5.91 Å². The average molecular weight is 866 g/mol. The Balaban J connectivity index is 0.000000200. The van der Waals surface area contributed by atoms with E-state index in [1.54, 1.807) is 68.0 Å². The van der Waals surface area contributed by atoms with Crippen LogP contribution in [0.2, 0.25) is 0 Å². The minimum Gasteiger partial charge on any atom is -0.497 e. The highest BCUT2D eigenvalue weighted by Gasteiger charge is 2.17. The lowest BCUT2D eigenvalue weighted by Crippen LogP contribution is -2.32. The van der Waals surface area contributed by atoms with Gasteiger partial charge in [-0.2, -0.15) is 10.2 Å². The Labute approximate surface area is 376 Å². The molecule has 1 amide bonds. The molecule has 0 aliphatic heterocycles. The number of methoxy groups -OCH3 is 3. The molecule has 0 saturated heterocycles. The van der Waals surface area contributed by atoms with Crippen molar-refractivity contribution in [3.05, 3.63) is 116 Å². The standard InChI is InChI=1S/C24H28N6O2.C24H26N6O2/c1-16(2)25-7-8-30(19-9-20(31-3)12-21(10-19)32-4)18-5-6-22-23(11-18)29-24(15-26-22)17-13-27-28-14-17;1-5-8-30(19-9-16(24(31)25-2)10-20(11-19)32-4)18-6-7-21-22(12-18)28-23(14-26-21)17-13-27-29(3)15-17/h5-6,9-16,25H,7-8H2,1-4H3,(H,27,28);6-7,9-15H,5,8H2,1-4H3,(H,25,31)/i3D3;. The molecule has 8 rings (SSSR count). The zero-order valence-electron chi connectivity index (χ0n) is 40.0. The van der Waals surface area contributed by atoms with Crippen molar-refractivity contribution in [3.8, 4) is 39.8 Å². The Morgan fingerprint density at radius 2 is 1.36 bits per heavy atom. The second-order valence-corrected chi connectivity index (χ2v) is 15.1. The third-order valence-electron chi connectivity index (χ3n) is 10.3. The van der Waals surface area contributed by atoms with Gasteiger partial charge < -0.3 is 34.6 Å². The highest BCUT2D eigenvalue weighted by atomic mass is 16.5. The van der Waals surface area contributed by atoms with Crippen LogP contribution in [0.3, 0.4) is 0 Å². The van der Waals surface area contributed by atoms with Crippen molar-refractivity contribution >= 4 is 50.7 Å². The van der Waals surface area contributed by atoms with E-state index in [0.29, 0.717) is 41.9 Å². The van der Waals surface area contributed by atoms with Gasteiger partial charge in [-0.05, 0) is 55.0 Å². The molecule has 0 unspecified atom stereocenters. The molecule has 0 radical (unpaired) electrons. The number of H-pyrrole nitrogens is 1. The summed E-state index contributed by atoms with van der Waals surface area (Å²) >= 11 is 0. The predicted molar refractivity (Wildman–Crippen MR) is 252 cm³/mol. The van der Waals surface area contributed by atoms with Gasteiger partial charge in [-0.1, -0.05) is 20.8 Å². The molecule has 0 atom stereocenters. The van der Waals surface area contributed by atoms with E-state index in [0.717, 1.165) is 74.6 Å². The fourth-order valence-corrected chi connectivity index (χ4v) is 7.08. The number of anilines is 4. The van der Waals surface area contributed by atoms with Crippen LogP contribution >= 0.6 is 0 Å². The minimum atomic E-state index is -2.57. The van der Waals surface area contributed by atoms with Crippen LogP contribution in [0.1, 0.15) is 41.7 Å². The molecule has 16 nitrogen and oxygen atoms in total. The quantitative estimate of drug-likeness (QED) is 0.0851. The average Bonchev–Trinajstić information content (AvgIpc) is 4.03. The molecule has 4 aromatic carbocycles. The first-order valence-corrected chi connectivity index (χ1v) is 20.8. The summed E-state index contributed by atoms with van der Waals surface area (Å²) in [7, 11) is 4.05. The van der Waals surface area contributed by atoms with Crippen molar-refractivity contribution in [3.63, 3.8) is 0 Å². The number of aromatic nitrogens is 8. The van der Waals surface area contributed by atoms with Crippen molar-refractivity contribution in [1.29, 1.82) is 0 Å². The van der Waals surface area contributed by atoms with Crippen LogP contribution in [0.4, 0.5) is 22.7 Å². The number of aryl methyl sites for hydroxylation is 1. The van der Waals surface area contributed by atoms with E-state index in [9.17, 15) is 4.79 Å². The van der Waals surface area contributed by atoms with E-state index in [-0.39, 0.29) is 11.7 Å². The van der Waals surface area contributed by atoms with E-state index in [2.05, 4.69) is 66.5 Å². The molecule has 330 valence electrons. The number of benzene rings is 4. The Kier molecular flexibility index (Phi) is 13.0. The molecule has 0 bridgehead atoms. The van der Waals surface area contributed by atoms with Crippen LogP contribution in [-0.2, 0) is 7.05 Å². The summed E-state index contributed by atoms with van der Waals surface area (Å²) in [6.45, 7) is 8.36. The number of carbonyl (C=O) groups is 1. The molecule has 64 heavy (non-hydrogen) atoms. The predicted octanol–water partition coefficient (Wildman–Crippen LogP) is 8.12. The van der Waals surface area contributed by atoms with Crippen molar-refractivity contribution < 1.29 is 23.1 Å². The number of rotatable bonds is 16. The maximum absolute atomic E-state index is 12.3. The molecule has 4 aromatic heterocycles. The molecule has 3 N–H and O–H groups in total. The molecule has 0 fully saturated rings. The molecule has 0 spiro atoms. The number of hydrogen-bond donors (Lipinski definition) is 3. The van der Waals surface area contributed by atoms with Crippen molar-refractivity contribution in [2.75, 3.05) is 57.7 Å². The van der Waals surface area contributed by atoms with Gasteiger partial charge in [-0.25, -0.2) is 9.97 Å². The van der Waals surface area contributed by atoms with Gasteiger partial charge in [0.05, 0.1) is 83.6 Å². The molecule has 16 heteroatoms. The first-order valence-electron chi connectivity index (χ1n) is 22.3. The maximum Gasteiger partial charge on any atom is 0.251 e. The van der Waals surface area contributed by atoms with Gasteiger partial charge in [0.1, 0.15) is 17.2 Å². The highest BCUT2D eigenvalue weighted by molar-refractivity contribution is 5.96. The number of fused-ring (bicyclic) bond motifs is 2. The Morgan fingerprint density at radius 1 is 0.750 bits per heavy atom. The van der Waals surface area contributed by atoms with Crippen LogP contribution in [0.5, 0.6) is 17.2 Å². The smallest absolute Gasteiger partial charge is 0.251 e. The molecular formula is C48H54N12O4. The number of nitrogens with zero attached hydrogens (tertiary/aromatic N) is 9. The van der Waals surface area contributed by atoms with E-state index >= 15 is 0 Å². The lowest BCUT2D eigenvalue weighted by Gasteiger charge is -2.27. The molecule has 0 saturated carbocycles. The van der Waals surface area contributed by atoms with Crippen molar-refractivity contribution in [2.24, 2.45) is 7.05 Å². The highest BCUT2D eigenvalue weighted by Crippen LogP contribution is 2.35. The summed E-state index contributed by atoms with van der Waals surface area (Å²) in [6, 6.07) is 22.8. The summed E-state index contributed by atoms with van der Waals surface area (Å²) in [5.41, 5.74) is 10.3. The molecule has 0 aliphatic rings. The maximum atomic E-state index is 12.3. The number of nitrogens with one attached hydrogen (secondary N) is 3. The molecule has 8 aromatic rings. The first-order chi connectivity index (χ1) is 32.2. The Hall–Kier alpha value is -7.59. The second-order valence-electron chi connectivity index (χ2n) is 15.1. The van der Waals surface area contributed by atoms with Crippen LogP contribution in [0, 0.1) is 0 Å². The SMILES string of the molecule is CCCN(c1cc(OC)cc(C(=O)NC)c1)c1ccc2ncc(-c3cnn(C)c3)nc2c1.[2H]C([2H])([2H])Oc1cc(OC)cc(N(CCNC(C)C)c2ccc3ncc(-c4cn[nH]c4)nc3c2)c1. The summed E-state index contributed by atoms with van der Waals surface area (Å²) in [5.74, 6) is 1.16. The second kappa shape index (κ2) is 20.5. The molecular weight excluding hydrogens is 809 g/mol. The van der Waals surface area contributed by atoms with Crippen LogP contribution in [0.15, 0.2) is 110 Å². The van der Waals surface area contributed by atoms with E-state index in [4.69, 9.17) is 28.3 Å². The normalized spacial score (nSPS) is 11.9. The Morgan fingerprint density at radius 3 is 1.91 bits per heavy atom.